The molecule has 1 amide bonds. The van der Waals surface area contributed by atoms with Crippen molar-refractivity contribution in [1.29, 1.82) is 0 Å². The van der Waals surface area contributed by atoms with E-state index < -0.39 is 5.97 Å². The molecule has 1 N–H and O–H groups in total. The van der Waals surface area contributed by atoms with Crippen LogP contribution in [0.5, 0.6) is 5.75 Å². The van der Waals surface area contributed by atoms with Gasteiger partial charge in [0.15, 0.2) is 5.82 Å². The van der Waals surface area contributed by atoms with Crippen LogP contribution >= 0.6 is 0 Å². The van der Waals surface area contributed by atoms with Gasteiger partial charge in [-0.2, -0.15) is 5.10 Å². The number of nitrogens with one attached hydrogen (secondary N) is 1. The van der Waals surface area contributed by atoms with Gasteiger partial charge in [0.1, 0.15) is 17.3 Å². The van der Waals surface area contributed by atoms with Gasteiger partial charge in [0.25, 0.3) is 5.91 Å². The number of rotatable bonds is 7. The lowest BCUT2D eigenvalue weighted by molar-refractivity contribution is 0.0587. The van der Waals surface area contributed by atoms with Gasteiger partial charge >= 0.3 is 5.97 Å². The number of methoxy groups -OCH3 is 2. The molecular weight excluding hydrogens is 436 g/mol. The third-order valence-corrected chi connectivity index (χ3v) is 5.74. The number of amides is 1. The van der Waals surface area contributed by atoms with Crippen molar-refractivity contribution in [1.82, 2.24) is 19.7 Å². The number of nitrogens with zero attached hydrogens (tertiary/aromatic N) is 5. The van der Waals surface area contributed by atoms with Crippen LogP contribution in [-0.2, 0) is 11.3 Å². The summed E-state index contributed by atoms with van der Waals surface area (Å²) in [7, 11) is 5.00. The molecule has 0 radical (unpaired) electrons. The number of esters is 1. The van der Waals surface area contributed by atoms with Gasteiger partial charge in [0.2, 0.25) is 0 Å². The molecule has 10 heteroatoms. The number of hydrogen-bond donors (Lipinski definition) is 1. The molecule has 0 bridgehead atoms. The number of anilines is 2. The number of pyridine rings is 1. The van der Waals surface area contributed by atoms with E-state index in [4.69, 9.17) is 9.47 Å². The number of piperazine rings is 1. The van der Waals surface area contributed by atoms with Crippen molar-refractivity contribution in [3.63, 3.8) is 0 Å². The summed E-state index contributed by atoms with van der Waals surface area (Å²) in [5.41, 5.74) is 1.55. The molecule has 1 saturated heterocycles. The summed E-state index contributed by atoms with van der Waals surface area (Å²) in [5.74, 6) is 0.934. The lowest BCUT2D eigenvalue weighted by atomic mass is 10.2. The van der Waals surface area contributed by atoms with Crippen LogP contribution in [0.25, 0.3) is 0 Å². The number of hydrogen-bond acceptors (Lipinski definition) is 8. The SMILES string of the molecule is COC(=O)c1cc(NC(=O)c2ccc(N3CCN(C)CC3)nc2)nn1Cc1ccc(OC)cc1. The smallest absolute Gasteiger partial charge is 0.356 e. The maximum absolute atomic E-state index is 12.8. The number of aromatic nitrogens is 3. The highest BCUT2D eigenvalue weighted by atomic mass is 16.5. The molecule has 0 saturated carbocycles. The molecule has 1 fully saturated rings. The Labute approximate surface area is 198 Å². The Morgan fingerprint density at radius 3 is 2.38 bits per heavy atom. The monoisotopic (exact) mass is 464 g/mol. The molecule has 3 heterocycles. The van der Waals surface area contributed by atoms with Crippen molar-refractivity contribution in [2.45, 2.75) is 6.54 Å². The third kappa shape index (κ3) is 5.34. The van der Waals surface area contributed by atoms with E-state index in [9.17, 15) is 9.59 Å². The van der Waals surface area contributed by atoms with Gasteiger partial charge < -0.3 is 24.6 Å². The minimum Gasteiger partial charge on any atom is -0.497 e. The highest BCUT2D eigenvalue weighted by molar-refractivity contribution is 6.04. The molecule has 3 aromatic rings. The molecule has 1 aliphatic rings. The van der Waals surface area contributed by atoms with E-state index >= 15 is 0 Å². The number of carbonyl (C=O) groups is 2. The average Bonchev–Trinajstić information content (AvgIpc) is 3.26. The Morgan fingerprint density at radius 2 is 1.76 bits per heavy atom. The minimum atomic E-state index is -0.542. The standard InChI is InChI=1S/C24H28N6O4/c1-28-10-12-29(13-11-28)22-9-6-18(15-25-22)23(31)26-21-14-20(24(32)34-3)30(27-21)16-17-4-7-19(33-2)8-5-17/h4-9,14-15H,10-13,16H2,1-3H3,(H,26,27,31). The molecule has 1 aliphatic heterocycles. The highest BCUT2D eigenvalue weighted by Gasteiger charge is 2.19. The van der Waals surface area contributed by atoms with Crippen molar-refractivity contribution in [2.75, 3.05) is 57.7 Å². The van der Waals surface area contributed by atoms with Gasteiger partial charge in [0, 0.05) is 38.4 Å². The fourth-order valence-corrected chi connectivity index (χ4v) is 3.70. The Kier molecular flexibility index (Phi) is 7.07. The van der Waals surface area contributed by atoms with Gasteiger partial charge in [-0.3, -0.25) is 9.48 Å². The van der Waals surface area contributed by atoms with Gasteiger partial charge in [-0.25, -0.2) is 9.78 Å². The molecule has 178 valence electrons. The van der Waals surface area contributed by atoms with Crippen LogP contribution in [0.15, 0.2) is 48.7 Å². The Balaban J connectivity index is 1.47. The first-order chi connectivity index (χ1) is 16.5. The van der Waals surface area contributed by atoms with Gasteiger partial charge in [-0.05, 0) is 36.9 Å². The lowest BCUT2D eigenvalue weighted by Gasteiger charge is -2.33. The second kappa shape index (κ2) is 10.3. The van der Waals surface area contributed by atoms with Crippen LogP contribution < -0.4 is 15.0 Å². The Bertz CT molecular complexity index is 1140. The first-order valence-corrected chi connectivity index (χ1v) is 11.0. The summed E-state index contributed by atoms with van der Waals surface area (Å²) in [5, 5.41) is 7.15. The fourth-order valence-electron chi connectivity index (χ4n) is 3.70. The molecule has 10 nitrogen and oxygen atoms in total. The highest BCUT2D eigenvalue weighted by Crippen LogP contribution is 2.18. The molecule has 4 rings (SSSR count). The molecule has 0 spiro atoms. The third-order valence-electron chi connectivity index (χ3n) is 5.74. The number of likely N-dealkylation sites (N-methyl/N-ethyl adjacent to an activating group) is 1. The van der Waals surface area contributed by atoms with Gasteiger partial charge in [-0.1, -0.05) is 12.1 Å². The van der Waals surface area contributed by atoms with Crippen LogP contribution in [0.1, 0.15) is 26.4 Å². The maximum atomic E-state index is 12.8. The first-order valence-electron chi connectivity index (χ1n) is 11.0. The molecule has 0 atom stereocenters. The predicted octanol–water partition coefficient (Wildman–Crippen LogP) is 2.13. The number of benzene rings is 1. The normalized spacial score (nSPS) is 14.0. The fraction of sp³-hybridized carbons (Fsp3) is 0.333. The van der Waals surface area contributed by atoms with Crippen molar-refractivity contribution in [3.8, 4) is 5.75 Å². The summed E-state index contributed by atoms with van der Waals surface area (Å²) < 4.78 is 11.6. The molecular formula is C24H28N6O4. The molecule has 2 aromatic heterocycles. The quantitative estimate of drug-likeness (QED) is 0.531. The molecule has 34 heavy (non-hydrogen) atoms. The summed E-state index contributed by atoms with van der Waals surface area (Å²) >= 11 is 0. The summed E-state index contributed by atoms with van der Waals surface area (Å²) in [6, 6.07) is 12.5. The van der Waals surface area contributed by atoms with Crippen LogP contribution in [0.3, 0.4) is 0 Å². The lowest BCUT2D eigenvalue weighted by Crippen LogP contribution is -2.44. The number of ether oxygens (including phenoxy) is 2. The van der Waals surface area contributed by atoms with E-state index in [2.05, 4.69) is 32.2 Å². The van der Waals surface area contributed by atoms with E-state index in [1.54, 1.807) is 19.4 Å². The molecule has 0 aliphatic carbocycles. The summed E-state index contributed by atoms with van der Waals surface area (Å²) in [6.07, 6.45) is 1.55. The molecule has 0 unspecified atom stereocenters. The van der Waals surface area contributed by atoms with Crippen molar-refractivity contribution in [2.24, 2.45) is 0 Å². The van der Waals surface area contributed by atoms with Crippen molar-refractivity contribution >= 4 is 23.5 Å². The number of carbonyl (C=O) groups excluding carboxylic acids is 2. The van der Waals surface area contributed by atoms with Crippen LogP contribution in [0.4, 0.5) is 11.6 Å². The second-order valence-electron chi connectivity index (χ2n) is 8.06. The zero-order valence-electron chi connectivity index (χ0n) is 19.5. The summed E-state index contributed by atoms with van der Waals surface area (Å²) in [4.78, 5) is 34.0. The zero-order chi connectivity index (χ0) is 24.1. The largest absolute Gasteiger partial charge is 0.497 e. The predicted molar refractivity (Wildman–Crippen MR) is 128 cm³/mol. The first kappa shape index (κ1) is 23.2. The van der Waals surface area contributed by atoms with E-state index in [-0.39, 0.29) is 17.4 Å². The van der Waals surface area contributed by atoms with Crippen LogP contribution in [0.2, 0.25) is 0 Å². The van der Waals surface area contributed by atoms with Crippen molar-refractivity contribution in [3.05, 3.63) is 65.5 Å². The van der Waals surface area contributed by atoms with E-state index in [1.165, 1.54) is 17.9 Å². The van der Waals surface area contributed by atoms with Crippen LogP contribution in [0, 0.1) is 0 Å². The van der Waals surface area contributed by atoms with Gasteiger partial charge in [-0.15, -0.1) is 0 Å². The van der Waals surface area contributed by atoms with Crippen molar-refractivity contribution < 1.29 is 19.1 Å². The Hall–Kier alpha value is -3.92. The summed E-state index contributed by atoms with van der Waals surface area (Å²) in [6.45, 7) is 4.08. The van der Waals surface area contributed by atoms with E-state index in [0.717, 1.165) is 43.3 Å². The van der Waals surface area contributed by atoms with E-state index in [0.29, 0.717) is 12.1 Å². The van der Waals surface area contributed by atoms with Gasteiger partial charge in [0.05, 0.1) is 26.3 Å². The topological polar surface area (TPSA) is 102 Å². The second-order valence-corrected chi connectivity index (χ2v) is 8.06. The zero-order valence-corrected chi connectivity index (χ0v) is 19.5. The van der Waals surface area contributed by atoms with Crippen LogP contribution in [-0.4, -0.2) is 79.0 Å². The molecule has 1 aromatic carbocycles. The maximum Gasteiger partial charge on any atom is 0.356 e. The minimum absolute atomic E-state index is 0.233. The van der Waals surface area contributed by atoms with E-state index in [1.807, 2.05) is 30.3 Å². The Morgan fingerprint density at radius 1 is 1.03 bits per heavy atom. The average molecular weight is 465 g/mol.